The van der Waals surface area contributed by atoms with Crippen LogP contribution in [0.3, 0.4) is 0 Å². The highest BCUT2D eigenvalue weighted by atomic mass is 16.1. The average molecular weight is 237 g/mol. The maximum atomic E-state index is 12.2. The Morgan fingerprint density at radius 3 is 2.17 bits per heavy atom. The lowest BCUT2D eigenvalue weighted by Gasteiger charge is -2.17. The van der Waals surface area contributed by atoms with E-state index in [0.717, 1.165) is 0 Å². The molecule has 87 valence electrons. The van der Waals surface area contributed by atoms with Crippen molar-refractivity contribution in [3.05, 3.63) is 58.7 Å². The molecule has 2 aromatic rings. The van der Waals surface area contributed by atoms with Crippen molar-refractivity contribution < 1.29 is 9.59 Å². The molecule has 18 heavy (non-hydrogen) atoms. The van der Waals surface area contributed by atoms with Gasteiger partial charge in [0.1, 0.15) is 0 Å². The summed E-state index contributed by atoms with van der Waals surface area (Å²) >= 11 is 0. The van der Waals surface area contributed by atoms with Gasteiger partial charge in [0.15, 0.2) is 11.6 Å². The van der Waals surface area contributed by atoms with E-state index in [4.69, 9.17) is 11.5 Å². The summed E-state index contributed by atoms with van der Waals surface area (Å²) in [5.74, 6) is -0.463. The largest absolute Gasteiger partial charge is 0.397 e. The Bertz CT molecular complexity index is 645. The maximum Gasteiger partial charge on any atom is 0.195 e. The molecule has 0 amide bonds. The lowest BCUT2D eigenvalue weighted by atomic mass is 9.83. The predicted molar refractivity (Wildman–Crippen MR) is 67.4 cm³/mol. The third-order valence-electron chi connectivity index (χ3n) is 3.03. The van der Waals surface area contributed by atoms with Gasteiger partial charge in [0.25, 0.3) is 0 Å². The molecule has 3 rings (SSSR count). The summed E-state index contributed by atoms with van der Waals surface area (Å²) in [6.07, 6.45) is 0. The normalized spacial score (nSPS) is 13.1. The van der Waals surface area contributed by atoms with Crippen molar-refractivity contribution in [1.29, 1.82) is 0 Å². The number of rotatable bonds is 0. The lowest BCUT2D eigenvalue weighted by Crippen LogP contribution is -2.21. The number of hydrogen-bond acceptors (Lipinski definition) is 4. The molecule has 0 unspecified atom stereocenters. The maximum absolute atomic E-state index is 12.2. The first-order valence-electron chi connectivity index (χ1n) is 5.39. The van der Waals surface area contributed by atoms with Crippen molar-refractivity contribution in [2.24, 2.45) is 0 Å². The summed E-state index contributed by atoms with van der Waals surface area (Å²) in [5.41, 5.74) is 13.0. The van der Waals surface area contributed by atoms with Crippen molar-refractivity contribution in [1.82, 2.24) is 0 Å². The van der Waals surface area contributed by atoms with Crippen LogP contribution in [0.15, 0.2) is 30.3 Å². The van der Waals surface area contributed by atoms with E-state index in [-0.39, 0.29) is 34.1 Å². The van der Waals surface area contributed by atoms with E-state index in [1.807, 2.05) is 0 Å². The van der Waals surface area contributed by atoms with Crippen LogP contribution in [-0.4, -0.2) is 11.6 Å². The van der Waals surface area contributed by atoms with Gasteiger partial charge in [0.05, 0.1) is 11.4 Å². The van der Waals surface area contributed by atoms with Gasteiger partial charge in [0.2, 0.25) is 0 Å². The highest BCUT2D eigenvalue weighted by Crippen LogP contribution is 2.30. The molecular weight excluding hydrogens is 228 g/mol. The first kappa shape index (κ1) is 10.5. The van der Waals surface area contributed by atoms with Gasteiger partial charge in [-0.25, -0.2) is 0 Å². The van der Waals surface area contributed by atoms with Gasteiger partial charge in [-0.15, -0.1) is 0 Å². The van der Waals surface area contributed by atoms with Crippen LogP contribution in [0.5, 0.6) is 0 Å². The van der Waals surface area contributed by atoms with E-state index in [1.54, 1.807) is 24.3 Å². The topological polar surface area (TPSA) is 86.2 Å². The summed E-state index contributed by atoms with van der Waals surface area (Å²) in [6.45, 7) is 0. The number of benzene rings is 2. The van der Waals surface area contributed by atoms with Crippen molar-refractivity contribution >= 4 is 22.9 Å². The first-order valence-corrected chi connectivity index (χ1v) is 5.39. The van der Waals surface area contributed by atoms with E-state index in [2.05, 4.69) is 6.07 Å². The summed E-state index contributed by atoms with van der Waals surface area (Å²) in [4.78, 5) is 24.5. The monoisotopic (exact) mass is 237 g/mol. The summed E-state index contributed by atoms with van der Waals surface area (Å²) in [7, 11) is 0. The van der Waals surface area contributed by atoms with Gasteiger partial charge >= 0.3 is 0 Å². The minimum Gasteiger partial charge on any atom is -0.397 e. The second kappa shape index (κ2) is 3.43. The highest BCUT2D eigenvalue weighted by Gasteiger charge is 2.30. The van der Waals surface area contributed by atoms with Gasteiger partial charge in [-0.2, -0.15) is 0 Å². The molecule has 0 heterocycles. The van der Waals surface area contributed by atoms with E-state index in [9.17, 15) is 9.59 Å². The summed E-state index contributed by atoms with van der Waals surface area (Å²) < 4.78 is 0. The molecule has 1 aliphatic carbocycles. The van der Waals surface area contributed by atoms with Gasteiger partial charge in [-0.1, -0.05) is 24.3 Å². The Morgan fingerprint density at radius 2 is 1.50 bits per heavy atom. The molecule has 0 aliphatic heterocycles. The van der Waals surface area contributed by atoms with Crippen LogP contribution >= 0.6 is 0 Å². The Balaban J connectivity index is 2.34. The molecule has 0 bridgehead atoms. The molecule has 4 nitrogen and oxygen atoms in total. The van der Waals surface area contributed by atoms with Crippen molar-refractivity contribution in [3.8, 4) is 0 Å². The Morgan fingerprint density at radius 1 is 0.889 bits per heavy atom. The average Bonchev–Trinajstić information content (AvgIpc) is 2.38. The Hall–Kier alpha value is -2.62. The number of hydrogen-bond donors (Lipinski definition) is 2. The number of carbonyl (C=O) groups excluding carboxylic acids is 2. The Labute approximate surface area is 103 Å². The van der Waals surface area contributed by atoms with Gasteiger partial charge in [-0.3, -0.25) is 9.59 Å². The van der Waals surface area contributed by atoms with Gasteiger partial charge in [-0.05, 0) is 6.07 Å². The third kappa shape index (κ3) is 1.26. The highest BCUT2D eigenvalue weighted by molar-refractivity contribution is 6.28. The number of anilines is 2. The van der Waals surface area contributed by atoms with E-state index < -0.39 is 0 Å². The van der Waals surface area contributed by atoms with Crippen molar-refractivity contribution in [3.63, 3.8) is 0 Å². The van der Waals surface area contributed by atoms with Gasteiger partial charge in [0, 0.05) is 28.3 Å². The number of carbonyl (C=O) groups is 2. The number of nitrogens with two attached hydrogens (primary N) is 2. The molecule has 1 radical (unpaired) electrons. The smallest absolute Gasteiger partial charge is 0.195 e. The molecule has 0 spiro atoms. The van der Waals surface area contributed by atoms with Crippen LogP contribution in [-0.2, 0) is 0 Å². The number of nitrogen functional groups attached to an aromatic ring is 2. The zero-order valence-electron chi connectivity index (χ0n) is 9.36. The molecular formula is C14H9N2O2. The quantitative estimate of drug-likeness (QED) is 0.579. The van der Waals surface area contributed by atoms with Crippen LogP contribution in [0, 0.1) is 6.07 Å². The second-order valence-electron chi connectivity index (χ2n) is 4.13. The van der Waals surface area contributed by atoms with Crippen LogP contribution in [0.2, 0.25) is 0 Å². The zero-order chi connectivity index (χ0) is 12.9. The molecule has 0 saturated carbocycles. The standard InChI is InChI=1S/C14H9N2O2/c15-11-5-9-10(6-12(11)16)14(18)8-4-2-1-3-7(8)13(9)17/h1-5H,15-16H2. The number of ketones is 2. The van der Waals surface area contributed by atoms with Crippen LogP contribution < -0.4 is 11.5 Å². The Kier molecular flexibility index (Phi) is 2.01. The predicted octanol–water partition coefficient (Wildman–Crippen LogP) is 1.43. The zero-order valence-corrected chi connectivity index (χ0v) is 9.36. The molecule has 4 heteroatoms. The lowest BCUT2D eigenvalue weighted by molar-refractivity contribution is 0.0979. The fourth-order valence-corrected chi connectivity index (χ4v) is 2.10. The first-order chi connectivity index (χ1) is 8.59. The third-order valence-corrected chi connectivity index (χ3v) is 3.03. The molecule has 1 aliphatic rings. The molecule has 0 saturated heterocycles. The fraction of sp³-hybridized carbons (Fsp3) is 0. The summed E-state index contributed by atoms with van der Waals surface area (Å²) in [6, 6.07) is 10.8. The van der Waals surface area contributed by atoms with E-state index in [0.29, 0.717) is 11.1 Å². The number of fused-ring (bicyclic) bond motifs is 2. The van der Waals surface area contributed by atoms with Crippen LogP contribution in [0.25, 0.3) is 0 Å². The molecule has 4 N–H and O–H groups in total. The minimum atomic E-state index is -0.244. The van der Waals surface area contributed by atoms with Crippen molar-refractivity contribution in [2.45, 2.75) is 0 Å². The molecule has 0 atom stereocenters. The van der Waals surface area contributed by atoms with E-state index >= 15 is 0 Å². The molecule has 2 aromatic carbocycles. The van der Waals surface area contributed by atoms with Gasteiger partial charge < -0.3 is 11.5 Å². The van der Waals surface area contributed by atoms with E-state index in [1.165, 1.54) is 6.07 Å². The second-order valence-corrected chi connectivity index (χ2v) is 4.13. The minimum absolute atomic E-state index is 0.189. The molecule has 0 aromatic heterocycles. The van der Waals surface area contributed by atoms with Crippen LogP contribution in [0.4, 0.5) is 11.4 Å². The summed E-state index contributed by atoms with van der Waals surface area (Å²) in [5, 5.41) is 0. The SMILES string of the molecule is Nc1[c]c2c(cc1N)C(=O)c1ccccc1C2=O. The fourth-order valence-electron chi connectivity index (χ4n) is 2.10. The molecule has 0 fully saturated rings. The van der Waals surface area contributed by atoms with Crippen LogP contribution in [0.1, 0.15) is 31.8 Å². The van der Waals surface area contributed by atoms with Crippen molar-refractivity contribution in [2.75, 3.05) is 11.5 Å².